The lowest BCUT2D eigenvalue weighted by molar-refractivity contribution is -0.124. The van der Waals surface area contributed by atoms with Crippen molar-refractivity contribution in [3.8, 4) is 0 Å². The SMILES string of the molecule is Cc1nc(NC2CCN(Cc3ccccc3)CC2)ncc1/C=C/C(=O)NO. The average Bonchev–Trinajstić information content (AvgIpc) is 2.69. The molecule has 1 aliphatic rings. The molecule has 1 aromatic carbocycles. The number of piperidine rings is 1. The summed E-state index contributed by atoms with van der Waals surface area (Å²) in [7, 11) is 0. The van der Waals surface area contributed by atoms with Crippen molar-refractivity contribution in [3.63, 3.8) is 0 Å². The first-order valence-electron chi connectivity index (χ1n) is 9.12. The van der Waals surface area contributed by atoms with Crippen molar-refractivity contribution in [1.29, 1.82) is 0 Å². The van der Waals surface area contributed by atoms with Crippen molar-refractivity contribution in [2.24, 2.45) is 0 Å². The van der Waals surface area contributed by atoms with E-state index >= 15 is 0 Å². The Labute approximate surface area is 159 Å². The molecule has 0 saturated carbocycles. The predicted molar refractivity (Wildman–Crippen MR) is 104 cm³/mol. The highest BCUT2D eigenvalue weighted by Gasteiger charge is 2.19. The van der Waals surface area contributed by atoms with Crippen LogP contribution in [0.15, 0.2) is 42.6 Å². The zero-order valence-electron chi connectivity index (χ0n) is 15.4. The number of rotatable bonds is 6. The number of nitrogens with one attached hydrogen (secondary N) is 2. The van der Waals surface area contributed by atoms with Gasteiger partial charge in [0.1, 0.15) is 0 Å². The summed E-state index contributed by atoms with van der Waals surface area (Å²) >= 11 is 0. The van der Waals surface area contributed by atoms with Gasteiger partial charge in [-0.05, 0) is 31.4 Å². The van der Waals surface area contributed by atoms with Crippen LogP contribution in [0, 0.1) is 6.92 Å². The topological polar surface area (TPSA) is 90.4 Å². The summed E-state index contributed by atoms with van der Waals surface area (Å²) in [6.45, 7) is 4.95. The van der Waals surface area contributed by atoms with Crippen LogP contribution < -0.4 is 10.8 Å². The highest BCUT2D eigenvalue weighted by molar-refractivity contribution is 5.90. The molecule has 1 aromatic heterocycles. The molecule has 3 N–H and O–H groups in total. The number of anilines is 1. The van der Waals surface area contributed by atoms with Crippen LogP contribution in [0.2, 0.25) is 0 Å². The monoisotopic (exact) mass is 367 g/mol. The van der Waals surface area contributed by atoms with Gasteiger partial charge in [0.2, 0.25) is 5.95 Å². The van der Waals surface area contributed by atoms with Gasteiger partial charge in [-0.3, -0.25) is 14.9 Å². The van der Waals surface area contributed by atoms with E-state index in [1.807, 2.05) is 13.0 Å². The lowest BCUT2D eigenvalue weighted by atomic mass is 10.0. The van der Waals surface area contributed by atoms with E-state index in [9.17, 15) is 4.79 Å². The van der Waals surface area contributed by atoms with Crippen molar-refractivity contribution >= 4 is 17.9 Å². The van der Waals surface area contributed by atoms with Crippen molar-refractivity contribution in [2.75, 3.05) is 18.4 Å². The van der Waals surface area contributed by atoms with Gasteiger partial charge >= 0.3 is 0 Å². The molecule has 142 valence electrons. The van der Waals surface area contributed by atoms with Crippen molar-refractivity contribution in [2.45, 2.75) is 32.4 Å². The first-order chi connectivity index (χ1) is 13.1. The first-order valence-corrected chi connectivity index (χ1v) is 9.12. The number of hydrogen-bond acceptors (Lipinski definition) is 6. The highest BCUT2D eigenvalue weighted by Crippen LogP contribution is 2.17. The van der Waals surface area contributed by atoms with Crippen molar-refractivity contribution in [3.05, 3.63) is 59.4 Å². The molecule has 7 nitrogen and oxygen atoms in total. The fourth-order valence-corrected chi connectivity index (χ4v) is 3.17. The Bertz CT molecular complexity index is 786. The van der Waals surface area contributed by atoms with Gasteiger partial charge in [0.05, 0.1) is 5.69 Å². The van der Waals surface area contributed by atoms with Gasteiger partial charge in [-0.1, -0.05) is 30.3 Å². The van der Waals surface area contributed by atoms with Gasteiger partial charge in [-0.15, -0.1) is 0 Å². The molecule has 0 bridgehead atoms. The summed E-state index contributed by atoms with van der Waals surface area (Å²) in [6.07, 6.45) is 6.59. The van der Waals surface area contributed by atoms with Gasteiger partial charge < -0.3 is 5.32 Å². The molecule has 2 heterocycles. The van der Waals surface area contributed by atoms with Crippen LogP contribution >= 0.6 is 0 Å². The van der Waals surface area contributed by atoms with E-state index in [0.29, 0.717) is 12.0 Å². The lowest BCUT2D eigenvalue weighted by Crippen LogP contribution is -2.39. The molecular formula is C20H25N5O2. The van der Waals surface area contributed by atoms with E-state index in [2.05, 4.69) is 44.5 Å². The summed E-state index contributed by atoms with van der Waals surface area (Å²) < 4.78 is 0. The minimum Gasteiger partial charge on any atom is -0.351 e. The minimum absolute atomic E-state index is 0.359. The normalized spacial score (nSPS) is 15.8. The molecule has 27 heavy (non-hydrogen) atoms. The fraction of sp³-hybridized carbons (Fsp3) is 0.350. The number of benzene rings is 1. The van der Waals surface area contributed by atoms with Gasteiger partial charge in [0, 0.05) is 43.5 Å². The molecule has 1 fully saturated rings. The maximum atomic E-state index is 11.1. The zero-order valence-corrected chi connectivity index (χ0v) is 15.4. The Hall–Kier alpha value is -2.77. The maximum absolute atomic E-state index is 11.1. The van der Waals surface area contributed by atoms with Crippen LogP contribution in [0.4, 0.5) is 5.95 Å². The standard InChI is InChI=1S/C20H25N5O2/c1-15-17(7-8-19(26)24-27)13-21-20(22-15)23-18-9-11-25(12-10-18)14-16-5-3-2-4-6-16/h2-8,13,18,27H,9-12,14H2,1H3,(H,24,26)(H,21,22,23)/b8-7+. The Morgan fingerprint density at radius 3 is 2.70 bits per heavy atom. The number of aromatic nitrogens is 2. The summed E-state index contributed by atoms with van der Waals surface area (Å²) in [4.78, 5) is 22.4. The summed E-state index contributed by atoms with van der Waals surface area (Å²) in [5.41, 5.74) is 4.42. The smallest absolute Gasteiger partial charge is 0.267 e. The molecule has 0 radical (unpaired) electrons. The van der Waals surface area contributed by atoms with E-state index in [4.69, 9.17) is 5.21 Å². The molecule has 0 spiro atoms. The van der Waals surface area contributed by atoms with E-state index in [1.54, 1.807) is 17.8 Å². The van der Waals surface area contributed by atoms with Crippen LogP contribution in [-0.4, -0.2) is 45.1 Å². The van der Waals surface area contributed by atoms with Gasteiger partial charge in [0.15, 0.2) is 0 Å². The Morgan fingerprint density at radius 2 is 2.04 bits per heavy atom. The second kappa shape index (κ2) is 9.25. The maximum Gasteiger partial charge on any atom is 0.267 e. The number of aryl methyl sites for hydroxylation is 1. The van der Waals surface area contributed by atoms with Gasteiger partial charge in [-0.2, -0.15) is 0 Å². The highest BCUT2D eigenvalue weighted by atomic mass is 16.5. The minimum atomic E-state index is -0.584. The summed E-state index contributed by atoms with van der Waals surface area (Å²) in [5.74, 6) is 0.0247. The number of hydrogen-bond donors (Lipinski definition) is 3. The largest absolute Gasteiger partial charge is 0.351 e. The van der Waals surface area contributed by atoms with E-state index in [-0.39, 0.29) is 0 Å². The molecule has 2 aromatic rings. The van der Waals surface area contributed by atoms with Crippen LogP contribution in [0.5, 0.6) is 0 Å². The fourth-order valence-electron chi connectivity index (χ4n) is 3.17. The molecular weight excluding hydrogens is 342 g/mol. The number of hydroxylamine groups is 1. The lowest BCUT2D eigenvalue weighted by Gasteiger charge is -2.32. The first kappa shape index (κ1) is 19.0. The Morgan fingerprint density at radius 1 is 1.30 bits per heavy atom. The zero-order chi connectivity index (χ0) is 19.1. The van der Waals surface area contributed by atoms with Crippen LogP contribution in [0.25, 0.3) is 6.08 Å². The third-order valence-electron chi connectivity index (χ3n) is 4.71. The summed E-state index contributed by atoms with van der Waals surface area (Å²) in [5, 5.41) is 11.9. The number of carbonyl (C=O) groups is 1. The molecule has 3 rings (SSSR count). The van der Waals surface area contributed by atoms with Gasteiger partial charge in [0.25, 0.3) is 5.91 Å². The Kier molecular flexibility index (Phi) is 6.51. The predicted octanol–water partition coefficient (Wildman–Crippen LogP) is 2.38. The molecule has 0 unspecified atom stereocenters. The molecule has 1 saturated heterocycles. The third-order valence-corrected chi connectivity index (χ3v) is 4.71. The summed E-state index contributed by atoms with van der Waals surface area (Å²) in [6, 6.07) is 10.9. The number of nitrogens with zero attached hydrogens (tertiary/aromatic N) is 3. The van der Waals surface area contributed by atoms with Crippen molar-refractivity contribution < 1.29 is 10.0 Å². The van der Waals surface area contributed by atoms with Gasteiger partial charge in [-0.25, -0.2) is 15.4 Å². The van der Waals surface area contributed by atoms with Crippen LogP contribution in [0.1, 0.15) is 29.7 Å². The quantitative estimate of drug-likeness (QED) is 0.413. The number of carbonyl (C=O) groups excluding carboxylic acids is 1. The van der Waals surface area contributed by atoms with E-state index in [0.717, 1.165) is 43.7 Å². The van der Waals surface area contributed by atoms with Crippen LogP contribution in [-0.2, 0) is 11.3 Å². The van der Waals surface area contributed by atoms with E-state index < -0.39 is 5.91 Å². The second-order valence-electron chi connectivity index (χ2n) is 6.72. The molecule has 0 aliphatic carbocycles. The average molecular weight is 367 g/mol. The van der Waals surface area contributed by atoms with Crippen LogP contribution in [0.3, 0.4) is 0 Å². The molecule has 7 heteroatoms. The van der Waals surface area contributed by atoms with E-state index in [1.165, 1.54) is 11.6 Å². The Balaban J connectivity index is 1.51. The second-order valence-corrected chi connectivity index (χ2v) is 6.72. The molecule has 1 amide bonds. The number of amides is 1. The number of likely N-dealkylation sites (tertiary alicyclic amines) is 1. The third kappa shape index (κ3) is 5.60. The van der Waals surface area contributed by atoms with Crippen molar-refractivity contribution in [1.82, 2.24) is 20.3 Å². The molecule has 0 atom stereocenters. The molecule has 1 aliphatic heterocycles.